The van der Waals surface area contributed by atoms with Gasteiger partial charge in [0.05, 0.1) is 0 Å². The van der Waals surface area contributed by atoms with Crippen molar-refractivity contribution in [3.8, 4) is 0 Å². The van der Waals surface area contributed by atoms with Crippen molar-refractivity contribution in [2.75, 3.05) is 14.2 Å². The fourth-order valence-electron chi connectivity index (χ4n) is 0.167. The average molecular weight is 122 g/mol. The number of hydrogen-bond acceptors (Lipinski definition) is 3. The zero-order valence-electron chi connectivity index (χ0n) is 5.59. The molecule has 0 saturated carbocycles. The summed E-state index contributed by atoms with van der Waals surface area (Å²) < 4.78 is 4.45. The lowest BCUT2D eigenvalue weighted by Crippen LogP contribution is -2.05. The normalized spacial score (nSPS) is 11.6. The first-order valence-corrected chi connectivity index (χ1v) is 2.46. The summed E-state index contributed by atoms with van der Waals surface area (Å²) in [5, 5.41) is 15.4. The topological polar surface area (TPSA) is 49.7 Å². The standard InChI is InChI=1S/C4H10O2.CH4O/c1-3-4(5)6-2;1-2/h4-5H,3H2,1-2H3;2H,1H3. The maximum Gasteiger partial charge on any atom is 0.153 e. The van der Waals surface area contributed by atoms with E-state index < -0.39 is 6.29 Å². The highest BCUT2D eigenvalue weighted by atomic mass is 16.6. The average Bonchev–Trinajstić information content (AvgIpc) is 1.91. The van der Waals surface area contributed by atoms with Crippen LogP contribution in [-0.4, -0.2) is 30.7 Å². The van der Waals surface area contributed by atoms with Gasteiger partial charge in [0, 0.05) is 14.2 Å². The maximum absolute atomic E-state index is 8.44. The number of methoxy groups -OCH3 is 1. The first-order valence-electron chi connectivity index (χ1n) is 2.46. The molecule has 0 aliphatic rings. The summed E-state index contributed by atoms with van der Waals surface area (Å²) in [5.41, 5.74) is 0. The summed E-state index contributed by atoms with van der Waals surface area (Å²) in [6.07, 6.45) is 0.0984. The minimum atomic E-state index is -0.565. The van der Waals surface area contributed by atoms with Crippen molar-refractivity contribution in [1.29, 1.82) is 0 Å². The van der Waals surface area contributed by atoms with Crippen molar-refractivity contribution in [3.63, 3.8) is 0 Å². The highest BCUT2D eigenvalue weighted by Gasteiger charge is 1.90. The first kappa shape index (κ1) is 10.8. The van der Waals surface area contributed by atoms with Crippen LogP contribution in [0.2, 0.25) is 0 Å². The fourth-order valence-corrected chi connectivity index (χ4v) is 0.167. The van der Waals surface area contributed by atoms with Gasteiger partial charge in [-0.2, -0.15) is 0 Å². The van der Waals surface area contributed by atoms with Gasteiger partial charge in [-0.15, -0.1) is 0 Å². The third-order valence-electron chi connectivity index (χ3n) is 0.621. The number of rotatable bonds is 2. The van der Waals surface area contributed by atoms with E-state index in [2.05, 4.69) is 4.74 Å². The number of ether oxygens (including phenoxy) is 1. The van der Waals surface area contributed by atoms with Gasteiger partial charge in [-0.25, -0.2) is 0 Å². The van der Waals surface area contributed by atoms with Gasteiger partial charge < -0.3 is 14.9 Å². The van der Waals surface area contributed by atoms with Crippen LogP contribution in [0.4, 0.5) is 0 Å². The molecule has 0 aromatic heterocycles. The van der Waals surface area contributed by atoms with E-state index in [1.54, 1.807) is 0 Å². The maximum atomic E-state index is 8.44. The molecule has 1 atom stereocenters. The molecule has 0 radical (unpaired) electrons. The molecule has 2 N–H and O–H groups in total. The molecule has 3 heteroatoms. The molecule has 0 aliphatic heterocycles. The Balaban J connectivity index is 0. The molecule has 52 valence electrons. The van der Waals surface area contributed by atoms with Crippen LogP contribution in [0.3, 0.4) is 0 Å². The summed E-state index contributed by atoms with van der Waals surface area (Å²) in [6.45, 7) is 1.86. The van der Waals surface area contributed by atoms with E-state index in [9.17, 15) is 0 Å². The van der Waals surface area contributed by atoms with E-state index in [1.165, 1.54) is 7.11 Å². The highest BCUT2D eigenvalue weighted by Crippen LogP contribution is 1.85. The van der Waals surface area contributed by atoms with E-state index in [-0.39, 0.29) is 0 Å². The van der Waals surface area contributed by atoms with Crippen LogP contribution in [0.5, 0.6) is 0 Å². The quantitative estimate of drug-likeness (QED) is 0.506. The predicted molar refractivity (Wildman–Crippen MR) is 31.4 cm³/mol. The van der Waals surface area contributed by atoms with Crippen molar-refractivity contribution in [2.45, 2.75) is 19.6 Å². The van der Waals surface area contributed by atoms with Crippen molar-refractivity contribution < 1.29 is 14.9 Å². The minimum Gasteiger partial charge on any atom is -0.400 e. The van der Waals surface area contributed by atoms with Crippen LogP contribution in [-0.2, 0) is 4.74 Å². The van der Waals surface area contributed by atoms with Gasteiger partial charge in [0.2, 0.25) is 0 Å². The van der Waals surface area contributed by atoms with E-state index in [1.807, 2.05) is 6.92 Å². The van der Waals surface area contributed by atoms with Gasteiger partial charge in [-0.3, -0.25) is 0 Å². The number of hydrogen-bond donors (Lipinski definition) is 2. The molecule has 0 heterocycles. The molecule has 0 aromatic rings. The summed E-state index contributed by atoms with van der Waals surface area (Å²) in [4.78, 5) is 0. The predicted octanol–water partition coefficient (Wildman–Crippen LogP) is -0.0303. The molecule has 3 nitrogen and oxygen atoms in total. The summed E-state index contributed by atoms with van der Waals surface area (Å²) in [7, 11) is 2.48. The van der Waals surface area contributed by atoms with Gasteiger partial charge in [0.15, 0.2) is 6.29 Å². The Kier molecular flexibility index (Phi) is 13.5. The van der Waals surface area contributed by atoms with Crippen LogP contribution >= 0.6 is 0 Å². The molecule has 0 aliphatic carbocycles. The van der Waals surface area contributed by atoms with Gasteiger partial charge in [-0.05, 0) is 6.42 Å². The monoisotopic (exact) mass is 122 g/mol. The SMILES string of the molecule is CCC(O)OC.CO. The molecule has 0 rings (SSSR count). The van der Waals surface area contributed by atoms with Crippen molar-refractivity contribution >= 4 is 0 Å². The second-order valence-corrected chi connectivity index (χ2v) is 1.10. The molecule has 8 heavy (non-hydrogen) atoms. The molecule has 1 unspecified atom stereocenters. The van der Waals surface area contributed by atoms with E-state index >= 15 is 0 Å². The zero-order valence-corrected chi connectivity index (χ0v) is 5.59. The van der Waals surface area contributed by atoms with Crippen LogP contribution in [0.25, 0.3) is 0 Å². The summed E-state index contributed by atoms with van der Waals surface area (Å²) in [6, 6.07) is 0. The first-order chi connectivity index (χ1) is 3.81. The lowest BCUT2D eigenvalue weighted by Gasteiger charge is -2.00. The summed E-state index contributed by atoms with van der Waals surface area (Å²) in [5.74, 6) is 0. The van der Waals surface area contributed by atoms with E-state index in [0.29, 0.717) is 6.42 Å². The molecular weight excluding hydrogens is 108 g/mol. The van der Waals surface area contributed by atoms with Gasteiger partial charge in [-0.1, -0.05) is 6.92 Å². The van der Waals surface area contributed by atoms with Crippen LogP contribution in [0.15, 0.2) is 0 Å². The molecule has 0 amide bonds. The van der Waals surface area contributed by atoms with Crippen molar-refractivity contribution in [2.24, 2.45) is 0 Å². The minimum absolute atomic E-state index is 0.565. The summed E-state index contributed by atoms with van der Waals surface area (Å²) >= 11 is 0. The lowest BCUT2D eigenvalue weighted by atomic mass is 10.5. The largest absolute Gasteiger partial charge is 0.400 e. The van der Waals surface area contributed by atoms with Crippen molar-refractivity contribution in [3.05, 3.63) is 0 Å². The Morgan fingerprint density at radius 3 is 1.88 bits per heavy atom. The highest BCUT2D eigenvalue weighted by molar-refractivity contribution is 4.26. The molecule has 0 aromatic carbocycles. The molecule has 0 saturated heterocycles. The molecule has 0 spiro atoms. The third kappa shape index (κ3) is 9.30. The Bertz CT molecular complexity index is 26.9. The van der Waals surface area contributed by atoms with E-state index in [4.69, 9.17) is 10.2 Å². The Morgan fingerprint density at radius 1 is 1.50 bits per heavy atom. The van der Waals surface area contributed by atoms with Crippen LogP contribution < -0.4 is 0 Å². The van der Waals surface area contributed by atoms with Crippen LogP contribution in [0.1, 0.15) is 13.3 Å². The smallest absolute Gasteiger partial charge is 0.153 e. The fraction of sp³-hybridized carbons (Fsp3) is 1.00. The van der Waals surface area contributed by atoms with Crippen molar-refractivity contribution in [1.82, 2.24) is 0 Å². The Hall–Kier alpha value is -0.120. The number of aliphatic hydroxyl groups excluding tert-OH is 2. The Labute approximate surface area is 49.9 Å². The van der Waals surface area contributed by atoms with Crippen LogP contribution in [0, 0.1) is 0 Å². The zero-order chi connectivity index (χ0) is 6.99. The van der Waals surface area contributed by atoms with Gasteiger partial charge >= 0.3 is 0 Å². The molecule has 0 bridgehead atoms. The van der Waals surface area contributed by atoms with Gasteiger partial charge in [0.1, 0.15) is 0 Å². The lowest BCUT2D eigenvalue weighted by molar-refractivity contribution is -0.0748. The molecular formula is C5H14O3. The second-order valence-electron chi connectivity index (χ2n) is 1.10. The third-order valence-corrected chi connectivity index (χ3v) is 0.621. The van der Waals surface area contributed by atoms with E-state index in [0.717, 1.165) is 7.11 Å². The Morgan fingerprint density at radius 2 is 1.88 bits per heavy atom. The second kappa shape index (κ2) is 9.99. The molecule has 0 fully saturated rings. The van der Waals surface area contributed by atoms with Gasteiger partial charge in [0.25, 0.3) is 0 Å². The number of aliphatic hydroxyl groups is 2.